The summed E-state index contributed by atoms with van der Waals surface area (Å²) in [4.78, 5) is 23.9. The van der Waals surface area contributed by atoms with Gasteiger partial charge in [-0.15, -0.1) is 0 Å². The van der Waals surface area contributed by atoms with E-state index in [4.69, 9.17) is 9.47 Å². The Morgan fingerprint density at radius 3 is 2.24 bits per heavy atom. The molecule has 0 aromatic rings. The van der Waals surface area contributed by atoms with Crippen LogP contribution >= 0.6 is 0 Å². The van der Waals surface area contributed by atoms with Gasteiger partial charge in [0, 0.05) is 0 Å². The maximum absolute atomic E-state index is 12.0. The van der Waals surface area contributed by atoms with Crippen molar-refractivity contribution in [1.29, 1.82) is 0 Å². The van der Waals surface area contributed by atoms with Crippen molar-refractivity contribution < 1.29 is 19.1 Å². The molecule has 0 spiro atoms. The summed E-state index contributed by atoms with van der Waals surface area (Å²) in [6.45, 7) is 4.18. The third kappa shape index (κ3) is 2.75. The van der Waals surface area contributed by atoms with Gasteiger partial charge in [-0.1, -0.05) is 38.1 Å². The van der Waals surface area contributed by atoms with Crippen molar-refractivity contribution in [2.24, 2.45) is 0 Å². The molecule has 4 nitrogen and oxygen atoms in total. The average Bonchev–Trinajstić information content (AvgIpc) is 2.69. The standard InChI is InChI=1S/C17H18O4/c1-10(2)11-6-5-7-13-12(8-11)9-14(16(18)20-3)15(13)17(19)21-4/h5-10H,1-4H3. The van der Waals surface area contributed by atoms with Gasteiger partial charge in [0.15, 0.2) is 0 Å². The Hall–Kier alpha value is -2.36. The van der Waals surface area contributed by atoms with Crippen molar-refractivity contribution in [2.75, 3.05) is 14.2 Å². The summed E-state index contributed by atoms with van der Waals surface area (Å²) in [5.74, 6) is -0.735. The lowest BCUT2D eigenvalue weighted by molar-refractivity contribution is 0.0557. The summed E-state index contributed by atoms with van der Waals surface area (Å²) in [7, 11) is 2.59. The lowest BCUT2D eigenvalue weighted by atomic mass is 10.0. The zero-order valence-corrected chi connectivity index (χ0v) is 12.6. The second kappa shape index (κ2) is 5.95. The highest BCUT2D eigenvalue weighted by Crippen LogP contribution is 2.34. The summed E-state index contributed by atoms with van der Waals surface area (Å²) in [5, 5.41) is 0. The van der Waals surface area contributed by atoms with Crippen LogP contribution < -0.4 is 0 Å². The lowest BCUT2D eigenvalue weighted by Gasteiger charge is -2.03. The van der Waals surface area contributed by atoms with E-state index < -0.39 is 11.9 Å². The highest BCUT2D eigenvalue weighted by molar-refractivity contribution is 6.10. The molecular weight excluding hydrogens is 268 g/mol. The van der Waals surface area contributed by atoms with E-state index in [2.05, 4.69) is 13.8 Å². The summed E-state index contributed by atoms with van der Waals surface area (Å²) in [6, 6.07) is 9.37. The molecule has 0 saturated heterocycles. The summed E-state index contributed by atoms with van der Waals surface area (Å²) in [5.41, 5.74) is 3.13. The maximum Gasteiger partial charge on any atom is 0.339 e. The van der Waals surface area contributed by atoms with Gasteiger partial charge in [-0.3, -0.25) is 0 Å². The Bertz CT molecular complexity index is 658. The van der Waals surface area contributed by atoms with E-state index in [1.54, 1.807) is 6.07 Å². The highest BCUT2D eigenvalue weighted by Gasteiger charge is 2.26. The van der Waals surface area contributed by atoms with Gasteiger partial charge in [0.05, 0.1) is 25.3 Å². The van der Waals surface area contributed by atoms with Crippen LogP contribution in [0.2, 0.25) is 0 Å². The van der Waals surface area contributed by atoms with Crippen LogP contribution in [-0.2, 0) is 9.47 Å². The van der Waals surface area contributed by atoms with Gasteiger partial charge in [-0.2, -0.15) is 0 Å². The van der Waals surface area contributed by atoms with Gasteiger partial charge < -0.3 is 9.47 Å². The molecule has 110 valence electrons. The second-order valence-corrected chi connectivity index (χ2v) is 5.11. The Kier molecular flexibility index (Phi) is 4.26. The fraction of sp³-hybridized carbons (Fsp3) is 0.294. The molecule has 0 atom stereocenters. The van der Waals surface area contributed by atoms with Crippen molar-refractivity contribution in [3.8, 4) is 11.1 Å². The van der Waals surface area contributed by atoms with Gasteiger partial charge in [-0.05, 0) is 28.7 Å². The van der Waals surface area contributed by atoms with Crippen LogP contribution in [0.15, 0.2) is 30.3 Å². The molecule has 2 rings (SSSR count). The molecule has 0 N–H and O–H groups in total. The monoisotopic (exact) mass is 286 g/mol. The number of esters is 2. The third-order valence-corrected chi connectivity index (χ3v) is 3.48. The lowest BCUT2D eigenvalue weighted by Crippen LogP contribution is -2.09. The minimum absolute atomic E-state index is 0.236. The van der Waals surface area contributed by atoms with E-state index >= 15 is 0 Å². The largest absolute Gasteiger partial charge is 0.465 e. The Labute approximate surface area is 124 Å². The molecule has 0 aliphatic heterocycles. The first-order valence-corrected chi connectivity index (χ1v) is 6.73. The Morgan fingerprint density at radius 1 is 1.00 bits per heavy atom. The van der Waals surface area contributed by atoms with E-state index in [1.807, 2.05) is 24.3 Å². The van der Waals surface area contributed by atoms with Gasteiger partial charge >= 0.3 is 11.9 Å². The van der Waals surface area contributed by atoms with Crippen LogP contribution in [0.1, 0.15) is 46.0 Å². The molecule has 2 aliphatic carbocycles. The van der Waals surface area contributed by atoms with Gasteiger partial charge in [0.1, 0.15) is 0 Å². The van der Waals surface area contributed by atoms with E-state index in [1.165, 1.54) is 14.2 Å². The molecule has 0 fully saturated rings. The van der Waals surface area contributed by atoms with Gasteiger partial charge in [0.2, 0.25) is 0 Å². The molecule has 2 aliphatic rings. The van der Waals surface area contributed by atoms with Crippen LogP contribution in [0.3, 0.4) is 0 Å². The van der Waals surface area contributed by atoms with E-state index in [0.717, 1.165) is 11.1 Å². The van der Waals surface area contributed by atoms with Crippen LogP contribution in [0.5, 0.6) is 0 Å². The number of hydrogen-bond donors (Lipinski definition) is 0. The van der Waals surface area contributed by atoms with Gasteiger partial charge in [-0.25, -0.2) is 9.59 Å². The first-order valence-electron chi connectivity index (χ1n) is 6.73. The number of carbonyl (C=O) groups is 2. The Balaban J connectivity index is 2.73. The van der Waals surface area contributed by atoms with Crippen molar-refractivity contribution in [1.82, 2.24) is 0 Å². The molecule has 0 bridgehead atoms. The number of carbonyl (C=O) groups excluding carboxylic acids is 2. The number of hydrogen-bond acceptors (Lipinski definition) is 4. The predicted molar refractivity (Wildman–Crippen MR) is 79.8 cm³/mol. The average molecular weight is 286 g/mol. The molecule has 4 heteroatoms. The topological polar surface area (TPSA) is 52.6 Å². The van der Waals surface area contributed by atoms with Crippen LogP contribution in [0, 0.1) is 0 Å². The second-order valence-electron chi connectivity index (χ2n) is 5.11. The normalized spacial score (nSPS) is 10.7. The minimum atomic E-state index is -0.541. The highest BCUT2D eigenvalue weighted by atomic mass is 16.5. The van der Waals surface area contributed by atoms with E-state index in [9.17, 15) is 9.59 Å². The van der Waals surface area contributed by atoms with Crippen LogP contribution in [-0.4, -0.2) is 26.2 Å². The third-order valence-electron chi connectivity index (χ3n) is 3.48. The van der Waals surface area contributed by atoms with Crippen molar-refractivity contribution in [3.63, 3.8) is 0 Å². The number of ether oxygens (including phenoxy) is 2. The van der Waals surface area contributed by atoms with Crippen LogP contribution in [0.4, 0.5) is 0 Å². The fourth-order valence-electron chi connectivity index (χ4n) is 2.33. The summed E-state index contributed by atoms with van der Waals surface area (Å²) < 4.78 is 9.56. The van der Waals surface area contributed by atoms with Crippen molar-refractivity contribution >= 4 is 11.9 Å². The summed E-state index contributed by atoms with van der Waals surface area (Å²) >= 11 is 0. The molecule has 0 radical (unpaired) electrons. The molecular formula is C17H18O4. The minimum Gasteiger partial charge on any atom is -0.465 e. The molecule has 0 saturated carbocycles. The van der Waals surface area contributed by atoms with E-state index in [-0.39, 0.29) is 11.1 Å². The molecule has 0 amide bonds. The molecule has 0 heterocycles. The first kappa shape index (κ1) is 15.0. The number of methoxy groups -OCH3 is 2. The SMILES string of the molecule is COC(=O)c1cc2cc(C(C)C)cccc-2c1C(=O)OC. The molecule has 21 heavy (non-hydrogen) atoms. The summed E-state index contributed by atoms with van der Waals surface area (Å²) in [6.07, 6.45) is 0. The Morgan fingerprint density at radius 2 is 1.67 bits per heavy atom. The predicted octanol–water partition coefficient (Wildman–Crippen LogP) is 3.49. The number of fused-ring (bicyclic) bond motifs is 1. The van der Waals surface area contributed by atoms with Gasteiger partial charge in [0.25, 0.3) is 0 Å². The maximum atomic E-state index is 12.0. The van der Waals surface area contributed by atoms with Crippen LogP contribution in [0.25, 0.3) is 11.1 Å². The quantitative estimate of drug-likeness (QED) is 0.810. The first-order chi connectivity index (χ1) is 9.99. The molecule has 0 aromatic carbocycles. The van der Waals surface area contributed by atoms with Crippen molar-refractivity contribution in [3.05, 3.63) is 47.0 Å². The molecule has 0 aromatic heterocycles. The molecule has 0 unspecified atom stereocenters. The van der Waals surface area contributed by atoms with Crippen molar-refractivity contribution in [2.45, 2.75) is 19.8 Å². The fourth-order valence-corrected chi connectivity index (χ4v) is 2.33. The zero-order valence-electron chi connectivity index (χ0n) is 12.6. The van der Waals surface area contributed by atoms with E-state index in [0.29, 0.717) is 11.5 Å². The zero-order chi connectivity index (χ0) is 15.6. The smallest absolute Gasteiger partial charge is 0.339 e. The number of rotatable bonds is 3.